The first kappa shape index (κ1) is 20.0. The van der Waals surface area contributed by atoms with E-state index in [0.717, 1.165) is 15.3 Å². The van der Waals surface area contributed by atoms with Crippen molar-refractivity contribution in [3.8, 4) is 0 Å². The number of hydrogen-bond donors (Lipinski definition) is 1. The van der Waals surface area contributed by atoms with Crippen molar-refractivity contribution >= 4 is 34.9 Å². The maximum atomic E-state index is 13.2. The van der Waals surface area contributed by atoms with Gasteiger partial charge in [0, 0.05) is 18.0 Å². The summed E-state index contributed by atoms with van der Waals surface area (Å²) in [5.41, 5.74) is 1.44. The second kappa shape index (κ2) is 8.52. The maximum Gasteiger partial charge on any atom is 0.332 e. The smallest absolute Gasteiger partial charge is 0.332 e. The number of amides is 4. The molecule has 2 heterocycles. The van der Waals surface area contributed by atoms with Gasteiger partial charge in [-0.15, -0.1) is 11.3 Å². The van der Waals surface area contributed by atoms with Crippen molar-refractivity contribution < 1.29 is 18.8 Å². The monoisotopic (exact) mass is 403 g/mol. The van der Waals surface area contributed by atoms with Crippen LogP contribution in [0.4, 0.5) is 14.9 Å². The Morgan fingerprint density at radius 2 is 1.93 bits per heavy atom. The molecule has 1 fully saturated rings. The van der Waals surface area contributed by atoms with E-state index >= 15 is 0 Å². The number of benzene rings is 1. The molecule has 1 aliphatic heterocycles. The Labute approximate surface area is 166 Å². The quantitative estimate of drug-likeness (QED) is 0.723. The highest BCUT2D eigenvalue weighted by atomic mass is 32.1. The van der Waals surface area contributed by atoms with Crippen LogP contribution >= 0.6 is 11.3 Å². The molecule has 28 heavy (non-hydrogen) atoms. The minimum atomic E-state index is -0.871. The van der Waals surface area contributed by atoms with E-state index in [0.29, 0.717) is 25.2 Å². The number of carbonyl (C=O) groups is 3. The van der Waals surface area contributed by atoms with Crippen molar-refractivity contribution in [2.45, 2.75) is 32.7 Å². The molecular weight excluding hydrogens is 381 g/mol. The highest BCUT2D eigenvalue weighted by molar-refractivity contribution is 7.10. The van der Waals surface area contributed by atoms with E-state index in [4.69, 9.17) is 0 Å². The van der Waals surface area contributed by atoms with Gasteiger partial charge in [-0.3, -0.25) is 9.59 Å². The van der Waals surface area contributed by atoms with Crippen molar-refractivity contribution in [1.82, 2.24) is 10.2 Å². The van der Waals surface area contributed by atoms with Gasteiger partial charge in [-0.05, 0) is 61.5 Å². The fraction of sp³-hybridized carbons (Fsp3) is 0.350. The fourth-order valence-corrected chi connectivity index (χ4v) is 4.14. The number of imide groups is 1. The molecule has 1 aliphatic rings. The zero-order valence-corrected chi connectivity index (χ0v) is 16.6. The number of anilines is 1. The molecule has 1 N–H and O–H groups in total. The van der Waals surface area contributed by atoms with Crippen LogP contribution in [-0.2, 0) is 16.0 Å². The van der Waals surface area contributed by atoms with E-state index in [-0.39, 0.29) is 12.3 Å². The standard InChI is InChI=1S/C20H22FN3O3S/c1-3-22-18(25)12-16-19(26)24(15-6-4-14(21)5-7-15)20(27)23(16)10-8-17-13(2)9-11-28-17/h4-7,9,11,16H,3,8,10,12H2,1-2H3,(H,22,25)/t16-/m0/s1. The Balaban J connectivity index is 1.85. The lowest BCUT2D eigenvalue weighted by Gasteiger charge is -2.21. The second-order valence-electron chi connectivity index (χ2n) is 6.58. The van der Waals surface area contributed by atoms with E-state index in [9.17, 15) is 18.8 Å². The molecule has 0 unspecified atom stereocenters. The summed E-state index contributed by atoms with van der Waals surface area (Å²) in [7, 11) is 0. The molecule has 1 saturated heterocycles. The van der Waals surface area contributed by atoms with Gasteiger partial charge in [0.25, 0.3) is 5.91 Å². The van der Waals surface area contributed by atoms with Crippen LogP contribution in [0.5, 0.6) is 0 Å². The molecule has 8 heteroatoms. The summed E-state index contributed by atoms with van der Waals surface area (Å²) in [5, 5.41) is 4.66. The topological polar surface area (TPSA) is 69.7 Å². The van der Waals surface area contributed by atoms with Crippen LogP contribution in [0, 0.1) is 12.7 Å². The summed E-state index contributed by atoms with van der Waals surface area (Å²) in [4.78, 5) is 41.7. The van der Waals surface area contributed by atoms with Crippen LogP contribution in [0.1, 0.15) is 23.8 Å². The number of halogens is 1. The summed E-state index contributed by atoms with van der Waals surface area (Å²) in [6, 6.07) is 5.83. The number of nitrogens with one attached hydrogen (secondary N) is 1. The Bertz CT molecular complexity index is 881. The molecule has 0 radical (unpaired) electrons. The van der Waals surface area contributed by atoms with Crippen molar-refractivity contribution in [3.05, 3.63) is 52.0 Å². The Hall–Kier alpha value is -2.74. The lowest BCUT2D eigenvalue weighted by Crippen LogP contribution is -2.40. The average molecular weight is 403 g/mol. The third kappa shape index (κ3) is 4.06. The summed E-state index contributed by atoms with van der Waals surface area (Å²) >= 11 is 1.60. The molecule has 0 aliphatic carbocycles. The van der Waals surface area contributed by atoms with Gasteiger partial charge in [-0.2, -0.15) is 0 Å². The first-order valence-corrected chi connectivity index (χ1v) is 10.00. The number of rotatable bonds is 7. The largest absolute Gasteiger partial charge is 0.356 e. The first-order chi connectivity index (χ1) is 13.4. The van der Waals surface area contributed by atoms with Gasteiger partial charge in [0.15, 0.2) is 0 Å². The molecule has 2 aromatic rings. The van der Waals surface area contributed by atoms with E-state index in [1.165, 1.54) is 29.2 Å². The predicted molar refractivity (Wildman–Crippen MR) is 106 cm³/mol. The van der Waals surface area contributed by atoms with E-state index in [1.54, 1.807) is 18.3 Å². The van der Waals surface area contributed by atoms with E-state index in [1.807, 2.05) is 18.4 Å². The lowest BCUT2D eigenvalue weighted by atomic mass is 10.1. The molecule has 1 atom stereocenters. The molecule has 0 bridgehead atoms. The predicted octanol–water partition coefficient (Wildman–Crippen LogP) is 3.10. The summed E-state index contributed by atoms with van der Waals surface area (Å²) in [5.74, 6) is -1.20. The molecule has 148 valence electrons. The average Bonchev–Trinajstić information content (AvgIpc) is 3.16. The van der Waals surface area contributed by atoms with E-state index in [2.05, 4.69) is 5.32 Å². The third-order valence-electron chi connectivity index (χ3n) is 4.70. The van der Waals surface area contributed by atoms with Crippen molar-refractivity contribution in [2.24, 2.45) is 0 Å². The number of aryl methyl sites for hydroxylation is 1. The SMILES string of the molecule is CCNC(=O)C[C@H]1C(=O)N(c2ccc(F)cc2)C(=O)N1CCc1sccc1C. The zero-order chi connectivity index (χ0) is 20.3. The Morgan fingerprint density at radius 3 is 2.54 bits per heavy atom. The summed E-state index contributed by atoms with van der Waals surface area (Å²) in [6.07, 6.45) is 0.505. The Morgan fingerprint density at radius 1 is 1.21 bits per heavy atom. The molecule has 0 saturated carbocycles. The summed E-state index contributed by atoms with van der Waals surface area (Å²) in [6.45, 7) is 4.57. The van der Waals surface area contributed by atoms with Crippen LogP contribution in [0.2, 0.25) is 0 Å². The number of hydrogen-bond acceptors (Lipinski definition) is 4. The molecular formula is C20H22FN3O3S. The number of thiophene rings is 1. The van der Waals surface area contributed by atoms with Gasteiger partial charge in [0.05, 0.1) is 12.1 Å². The van der Waals surface area contributed by atoms with Crippen molar-refractivity contribution in [2.75, 3.05) is 18.0 Å². The minimum Gasteiger partial charge on any atom is -0.356 e. The second-order valence-corrected chi connectivity index (χ2v) is 7.58. The lowest BCUT2D eigenvalue weighted by molar-refractivity contribution is -0.127. The van der Waals surface area contributed by atoms with Crippen LogP contribution in [-0.4, -0.2) is 41.9 Å². The van der Waals surface area contributed by atoms with Crippen LogP contribution in [0.3, 0.4) is 0 Å². The van der Waals surface area contributed by atoms with Crippen LogP contribution in [0.25, 0.3) is 0 Å². The van der Waals surface area contributed by atoms with E-state index < -0.39 is 23.8 Å². The molecule has 0 spiro atoms. The molecule has 1 aromatic heterocycles. The molecule has 3 rings (SSSR count). The Kier molecular flexibility index (Phi) is 6.08. The van der Waals surface area contributed by atoms with Gasteiger partial charge in [0.2, 0.25) is 5.91 Å². The maximum absolute atomic E-state index is 13.2. The fourth-order valence-electron chi connectivity index (χ4n) is 3.24. The molecule has 6 nitrogen and oxygen atoms in total. The molecule has 1 aromatic carbocycles. The zero-order valence-electron chi connectivity index (χ0n) is 15.8. The summed E-state index contributed by atoms with van der Waals surface area (Å²) < 4.78 is 13.2. The van der Waals surface area contributed by atoms with Gasteiger partial charge in [-0.1, -0.05) is 0 Å². The third-order valence-corrected chi connectivity index (χ3v) is 5.79. The first-order valence-electron chi connectivity index (χ1n) is 9.12. The number of nitrogens with zero attached hydrogens (tertiary/aromatic N) is 2. The highest BCUT2D eigenvalue weighted by Crippen LogP contribution is 2.28. The number of urea groups is 1. The molecule has 4 amide bonds. The van der Waals surface area contributed by atoms with Gasteiger partial charge < -0.3 is 10.2 Å². The van der Waals surface area contributed by atoms with Crippen molar-refractivity contribution in [3.63, 3.8) is 0 Å². The van der Waals surface area contributed by atoms with Crippen molar-refractivity contribution in [1.29, 1.82) is 0 Å². The minimum absolute atomic E-state index is 0.0977. The van der Waals surface area contributed by atoms with Gasteiger partial charge in [0.1, 0.15) is 11.9 Å². The number of carbonyl (C=O) groups excluding carboxylic acids is 3. The highest BCUT2D eigenvalue weighted by Gasteiger charge is 2.46. The normalized spacial score (nSPS) is 16.8. The van der Waals surface area contributed by atoms with Gasteiger partial charge in [-0.25, -0.2) is 14.1 Å². The van der Waals surface area contributed by atoms with Crippen LogP contribution < -0.4 is 10.2 Å². The van der Waals surface area contributed by atoms with Gasteiger partial charge >= 0.3 is 6.03 Å². The van der Waals surface area contributed by atoms with Crippen LogP contribution in [0.15, 0.2) is 35.7 Å².